The van der Waals surface area contributed by atoms with Crippen LogP contribution >= 0.6 is 0 Å². The van der Waals surface area contributed by atoms with Crippen LogP contribution < -0.4 is 0 Å². The predicted octanol–water partition coefficient (Wildman–Crippen LogP) is 4.95. The summed E-state index contributed by atoms with van der Waals surface area (Å²) in [6.07, 6.45) is 1.57. The van der Waals surface area contributed by atoms with Crippen molar-refractivity contribution in [1.29, 1.82) is 0 Å². The van der Waals surface area contributed by atoms with E-state index < -0.39 is 0 Å². The number of rotatable bonds is 2. The number of aromatic hydroxyl groups is 1. The molecule has 0 amide bonds. The van der Waals surface area contributed by atoms with E-state index in [-0.39, 0.29) is 5.75 Å². The summed E-state index contributed by atoms with van der Waals surface area (Å²) >= 11 is 0. The lowest BCUT2D eigenvalue weighted by Crippen LogP contribution is -1.98. The number of benzene rings is 3. The Morgan fingerprint density at radius 2 is 1.38 bits per heavy atom. The van der Waals surface area contributed by atoms with E-state index in [1.54, 1.807) is 18.5 Å². The van der Waals surface area contributed by atoms with Gasteiger partial charge in [0.25, 0.3) is 0 Å². The van der Waals surface area contributed by atoms with Gasteiger partial charge in [0, 0.05) is 22.4 Å². The minimum atomic E-state index is 0.222. The summed E-state index contributed by atoms with van der Waals surface area (Å²) in [4.78, 5) is 8.90. The van der Waals surface area contributed by atoms with Crippen molar-refractivity contribution >= 4 is 21.8 Å². The topological polar surface area (TPSA) is 50.9 Å². The minimum Gasteiger partial charge on any atom is -0.508 e. The van der Waals surface area contributed by atoms with Crippen molar-refractivity contribution in [1.82, 2.24) is 14.5 Å². The van der Waals surface area contributed by atoms with Crippen LogP contribution in [0.2, 0.25) is 0 Å². The third kappa shape index (κ3) is 2.24. The van der Waals surface area contributed by atoms with Crippen molar-refractivity contribution in [3.63, 3.8) is 0 Å². The predicted molar refractivity (Wildman–Crippen MR) is 103 cm³/mol. The maximum atomic E-state index is 9.76. The van der Waals surface area contributed by atoms with Crippen LogP contribution in [0.25, 0.3) is 38.9 Å². The summed E-state index contributed by atoms with van der Waals surface area (Å²) in [5.41, 5.74) is 3.84. The Morgan fingerprint density at radius 1 is 0.692 bits per heavy atom. The molecule has 0 saturated carbocycles. The second kappa shape index (κ2) is 5.70. The Hall–Kier alpha value is -3.66. The van der Waals surface area contributed by atoms with Crippen molar-refractivity contribution in [3.8, 4) is 22.8 Å². The molecule has 124 valence electrons. The van der Waals surface area contributed by atoms with E-state index in [1.165, 1.54) is 10.8 Å². The van der Waals surface area contributed by atoms with E-state index >= 15 is 0 Å². The van der Waals surface area contributed by atoms with Gasteiger partial charge in [0.1, 0.15) is 17.9 Å². The van der Waals surface area contributed by atoms with E-state index in [9.17, 15) is 5.11 Å². The highest BCUT2D eigenvalue weighted by Gasteiger charge is 2.13. The second-order valence-corrected chi connectivity index (χ2v) is 6.18. The van der Waals surface area contributed by atoms with Crippen molar-refractivity contribution in [2.24, 2.45) is 0 Å². The van der Waals surface area contributed by atoms with Crippen molar-refractivity contribution in [3.05, 3.63) is 85.2 Å². The molecular weight excluding hydrogens is 322 g/mol. The number of phenolic OH excluding ortho intramolecular Hbond substituents is 1. The average Bonchev–Trinajstić information content (AvgIpc) is 3.03. The first-order chi connectivity index (χ1) is 12.8. The molecule has 0 saturated heterocycles. The zero-order chi connectivity index (χ0) is 17.5. The van der Waals surface area contributed by atoms with E-state index in [4.69, 9.17) is 0 Å². The number of phenols is 1. The number of hydrogen-bond acceptors (Lipinski definition) is 3. The first kappa shape index (κ1) is 14.7. The molecule has 0 fully saturated rings. The molecule has 26 heavy (non-hydrogen) atoms. The molecule has 0 aliphatic rings. The molecule has 2 aromatic heterocycles. The van der Waals surface area contributed by atoms with Gasteiger partial charge >= 0.3 is 0 Å². The summed E-state index contributed by atoms with van der Waals surface area (Å²) in [6, 6.07) is 25.7. The van der Waals surface area contributed by atoms with Crippen LogP contribution in [0, 0.1) is 0 Å². The van der Waals surface area contributed by atoms with Gasteiger partial charge in [0.15, 0.2) is 0 Å². The lowest BCUT2D eigenvalue weighted by atomic mass is 10.1. The molecule has 0 spiro atoms. The fourth-order valence-electron chi connectivity index (χ4n) is 3.46. The SMILES string of the molecule is Oc1cccc(-c2cc(-n3c4ccccc4c4ccccc43)ncn2)c1. The molecule has 0 bridgehead atoms. The van der Waals surface area contributed by atoms with E-state index in [0.717, 1.165) is 28.1 Å². The smallest absolute Gasteiger partial charge is 0.141 e. The molecule has 0 unspecified atom stereocenters. The maximum absolute atomic E-state index is 9.76. The number of para-hydroxylation sites is 2. The molecule has 0 atom stereocenters. The fraction of sp³-hybridized carbons (Fsp3) is 0. The summed E-state index contributed by atoms with van der Waals surface area (Å²) in [7, 11) is 0. The minimum absolute atomic E-state index is 0.222. The number of fused-ring (bicyclic) bond motifs is 3. The van der Waals surface area contributed by atoms with Crippen molar-refractivity contribution in [2.75, 3.05) is 0 Å². The first-order valence-corrected chi connectivity index (χ1v) is 8.41. The van der Waals surface area contributed by atoms with Gasteiger partial charge in [-0.1, -0.05) is 48.5 Å². The van der Waals surface area contributed by atoms with Crippen LogP contribution in [0.3, 0.4) is 0 Å². The third-order valence-corrected chi connectivity index (χ3v) is 4.60. The maximum Gasteiger partial charge on any atom is 0.141 e. The Morgan fingerprint density at radius 3 is 2.08 bits per heavy atom. The Kier molecular flexibility index (Phi) is 3.22. The van der Waals surface area contributed by atoms with Crippen LogP contribution in [0.5, 0.6) is 5.75 Å². The standard InChI is InChI=1S/C22H15N3O/c26-16-7-5-6-15(12-16)19-13-22(24-14-23-19)25-20-10-3-1-8-17(20)18-9-2-4-11-21(18)25/h1-14,26H. The van der Waals surface area contributed by atoms with E-state index in [0.29, 0.717) is 0 Å². The van der Waals surface area contributed by atoms with Gasteiger partial charge < -0.3 is 5.11 Å². The highest BCUT2D eigenvalue weighted by atomic mass is 16.3. The molecule has 1 N–H and O–H groups in total. The van der Waals surface area contributed by atoms with Gasteiger partial charge in [0.2, 0.25) is 0 Å². The number of nitrogens with zero attached hydrogens (tertiary/aromatic N) is 3. The monoisotopic (exact) mass is 337 g/mol. The molecule has 4 nitrogen and oxygen atoms in total. The molecule has 4 heteroatoms. The largest absolute Gasteiger partial charge is 0.508 e. The lowest BCUT2D eigenvalue weighted by Gasteiger charge is -2.08. The summed E-state index contributed by atoms with van der Waals surface area (Å²) in [6.45, 7) is 0. The van der Waals surface area contributed by atoms with Crippen LogP contribution in [-0.2, 0) is 0 Å². The summed E-state index contributed by atoms with van der Waals surface area (Å²) in [5, 5.41) is 12.2. The molecule has 5 rings (SSSR count). The third-order valence-electron chi connectivity index (χ3n) is 4.60. The highest BCUT2D eigenvalue weighted by Crippen LogP contribution is 2.32. The van der Waals surface area contributed by atoms with E-state index in [2.05, 4.69) is 50.9 Å². The fourth-order valence-corrected chi connectivity index (χ4v) is 3.46. The van der Waals surface area contributed by atoms with Gasteiger partial charge in [0.05, 0.1) is 16.7 Å². The zero-order valence-electron chi connectivity index (χ0n) is 13.9. The highest BCUT2D eigenvalue weighted by molar-refractivity contribution is 6.09. The van der Waals surface area contributed by atoms with Crippen LogP contribution in [0.15, 0.2) is 85.2 Å². The number of hydrogen-bond donors (Lipinski definition) is 1. The molecule has 5 aromatic rings. The van der Waals surface area contributed by atoms with Gasteiger partial charge in [-0.3, -0.25) is 4.57 Å². The van der Waals surface area contributed by atoms with Gasteiger partial charge in [-0.2, -0.15) is 0 Å². The molecule has 2 heterocycles. The van der Waals surface area contributed by atoms with Gasteiger partial charge in [-0.15, -0.1) is 0 Å². The van der Waals surface area contributed by atoms with Crippen LogP contribution in [0.4, 0.5) is 0 Å². The average molecular weight is 337 g/mol. The van der Waals surface area contributed by atoms with Gasteiger partial charge in [-0.25, -0.2) is 9.97 Å². The lowest BCUT2D eigenvalue weighted by molar-refractivity contribution is 0.475. The Balaban J connectivity index is 1.79. The Bertz CT molecular complexity index is 1200. The quantitative estimate of drug-likeness (QED) is 0.496. The first-order valence-electron chi connectivity index (χ1n) is 8.41. The van der Waals surface area contributed by atoms with Gasteiger partial charge in [-0.05, 0) is 24.3 Å². The summed E-state index contributed by atoms with van der Waals surface area (Å²) < 4.78 is 2.15. The second-order valence-electron chi connectivity index (χ2n) is 6.18. The van der Waals surface area contributed by atoms with Crippen molar-refractivity contribution < 1.29 is 5.11 Å². The molecule has 0 aliphatic carbocycles. The summed E-state index contributed by atoms with van der Waals surface area (Å²) in [5.74, 6) is 1.02. The van der Waals surface area contributed by atoms with Crippen LogP contribution in [0.1, 0.15) is 0 Å². The normalized spacial score (nSPS) is 11.2. The molecule has 0 radical (unpaired) electrons. The molecular formula is C22H15N3O. The Labute approximate surface area is 150 Å². The van der Waals surface area contributed by atoms with Crippen LogP contribution in [-0.4, -0.2) is 19.6 Å². The zero-order valence-corrected chi connectivity index (χ0v) is 13.9. The number of aromatic nitrogens is 3. The molecule has 0 aliphatic heterocycles. The molecule has 3 aromatic carbocycles. The van der Waals surface area contributed by atoms with E-state index in [1.807, 2.05) is 30.3 Å². The van der Waals surface area contributed by atoms with Crippen molar-refractivity contribution in [2.45, 2.75) is 0 Å².